The maximum atomic E-state index is 12.7. The zero-order chi connectivity index (χ0) is 17.2. The summed E-state index contributed by atoms with van der Waals surface area (Å²) in [5, 5.41) is 6.30. The Balaban J connectivity index is 1.64. The van der Waals surface area contributed by atoms with Crippen LogP contribution in [0, 0.1) is 0 Å². The summed E-state index contributed by atoms with van der Waals surface area (Å²) in [6, 6.07) is 7.74. The minimum absolute atomic E-state index is 0.215. The van der Waals surface area contributed by atoms with Crippen LogP contribution >= 0.6 is 0 Å². The Morgan fingerprint density at radius 2 is 1.92 bits per heavy atom. The molecule has 2 aliphatic rings. The number of hydrogen-bond acceptors (Lipinski definition) is 3. The highest BCUT2D eigenvalue weighted by Gasteiger charge is 2.19. The molecule has 0 fully saturated rings. The Hall–Kier alpha value is -2.40. The van der Waals surface area contributed by atoms with E-state index in [4.69, 9.17) is 0 Å². The Kier molecular flexibility index (Phi) is 4.40. The minimum Gasteiger partial charge on any atom is -0.325 e. The standard InChI is InChI=1S/C20H23N3O2/c24-19-16(11-13-5-2-1-3-7-17(13)22-19)20(25)23-18-8-4-6-14-12-21-10-9-15(14)18/h4,6,8,11,21H,1-3,5,7,9-10,12H2,(H,22,24)(H,23,25). The number of aryl methyl sites for hydroxylation is 2. The quantitative estimate of drug-likeness (QED) is 0.737. The number of carbonyl (C=O) groups excluding carboxylic acids is 1. The molecule has 1 aromatic carbocycles. The third kappa shape index (κ3) is 3.24. The predicted octanol–water partition coefficient (Wildman–Crippen LogP) is 2.54. The zero-order valence-electron chi connectivity index (χ0n) is 14.3. The molecule has 5 nitrogen and oxygen atoms in total. The molecule has 1 amide bonds. The lowest BCUT2D eigenvalue weighted by Crippen LogP contribution is -2.27. The van der Waals surface area contributed by atoms with Crippen molar-refractivity contribution in [3.63, 3.8) is 0 Å². The number of aromatic amines is 1. The van der Waals surface area contributed by atoms with Crippen LogP contribution in [-0.4, -0.2) is 17.4 Å². The van der Waals surface area contributed by atoms with Gasteiger partial charge < -0.3 is 15.6 Å². The van der Waals surface area contributed by atoms with E-state index in [0.717, 1.165) is 62.1 Å². The van der Waals surface area contributed by atoms with E-state index in [1.165, 1.54) is 17.5 Å². The fraction of sp³-hybridized carbons (Fsp3) is 0.400. The second-order valence-corrected chi connectivity index (χ2v) is 6.90. The van der Waals surface area contributed by atoms with Crippen molar-refractivity contribution in [1.82, 2.24) is 10.3 Å². The van der Waals surface area contributed by atoms with Gasteiger partial charge >= 0.3 is 0 Å². The van der Waals surface area contributed by atoms with Gasteiger partial charge in [0.15, 0.2) is 0 Å². The molecule has 0 unspecified atom stereocenters. The lowest BCUT2D eigenvalue weighted by Gasteiger charge is -2.20. The summed E-state index contributed by atoms with van der Waals surface area (Å²) in [5.74, 6) is -0.319. The van der Waals surface area contributed by atoms with E-state index in [0.29, 0.717) is 0 Å². The van der Waals surface area contributed by atoms with Gasteiger partial charge in [-0.1, -0.05) is 18.6 Å². The SMILES string of the molecule is O=C(Nc1cccc2c1CCNC2)c1cc2c([nH]c1=O)CCCCC2. The molecule has 0 atom stereocenters. The maximum absolute atomic E-state index is 12.7. The van der Waals surface area contributed by atoms with Crippen LogP contribution < -0.4 is 16.2 Å². The van der Waals surface area contributed by atoms with Gasteiger partial charge in [0.1, 0.15) is 5.56 Å². The number of fused-ring (bicyclic) bond motifs is 2. The molecule has 5 heteroatoms. The van der Waals surface area contributed by atoms with Gasteiger partial charge in [-0.2, -0.15) is 0 Å². The summed E-state index contributed by atoms with van der Waals surface area (Å²) in [4.78, 5) is 28.1. The van der Waals surface area contributed by atoms with Crippen molar-refractivity contribution in [1.29, 1.82) is 0 Å². The topological polar surface area (TPSA) is 74.0 Å². The molecule has 2 heterocycles. The first-order valence-electron chi connectivity index (χ1n) is 9.10. The number of pyridine rings is 1. The molecule has 4 rings (SSSR count). The summed E-state index contributed by atoms with van der Waals surface area (Å²) in [5.41, 5.74) is 5.24. The fourth-order valence-corrected chi connectivity index (χ4v) is 3.86. The smallest absolute Gasteiger partial charge is 0.261 e. The summed E-state index contributed by atoms with van der Waals surface area (Å²) in [6.07, 6.45) is 6.08. The van der Waals surface area contributed by atoms with Crippen molar-refractivity contribution >= 4 is 11.6 Å². The summed E-state index contributed by atoms with van der Waals surface area (Å²) < 4.78 is 0. The Morgan fingerprint density at radius 1 is 1.04 bits per heavy atom. The lowest BCUT2D eigenvalue weighted by molar-refractivity contribution is 0.102. The summed E-state index contributed by atoms with van der Waals surface area (Å²) in [6.45, 7) is 1.72. The van der Waals surface area contributed by atoms with Crippen molar-refractivity contribution in [3.05, 3.63) is 62.6 Å². The molecule has 1 aliphatic carbocycles. The van der Waals surface area contributed by atoms with Gasteiger partial charge in [0.25, 0.3) is 11.5 Å². The predicted molar refractivity (Wildman–Crippen MR) is 98.1 cm³/mol. The molecule has 0 radical (unpaired) electrons. The maximum Gasteiger partial charge on any atom is 0.261 e. The molecule has 0 spiro atoms. The fourth-order valence-electron chi connectivity index (χ4n) is 3.86. The van der Waals surface area contributed by atoms with E-state index in [1.54, 1.807) is 6.07 Å². The van der Waals surface area contributed by atoms with Gasteiger partial charge in [-0.3, -0.25) is 9.59 Å². The average Bonchev–Trinajstić information content (AvgIpc) is 2.86. The normalized spacial score (nSPS) is 16.5. The van der Waals surface area contributed by atoms with Crippen LogP contribution in [-0.2, 0) is 25.8 Å². The molecule has 1 aromatic heterocycles. The molecule has 2 aromatic rings. The van der Waals surface area contributed by atoms with E-state index < -0.39 is 0 Å². The average molecular weight is 337 g/mol. The van der Waals surface area contributed by atoms with Gasteiger partial charge in [0, 0.05) is 17.9 Å². The number of nitrogens with one attached hydrogen (secondary N) is 3. The molecular formula is C20H23N3O2. The molecular weight excluding hydrogens is 314 g/mol. The van der Waals surface area contributed by atoms with Crippen molar-refractivity contribution in [2.24, 2.45) is 0 Å². The van der Waals surface area contributed by atoms with Gasteiger partial charge in [-0.05, 0) is 67.5 Å². The van der Waals surface area contributed by atoms with Crippen LogP contribution in [0.25, 0.3) is 0 Å². The molecule has 0 bridgehead atoms. The second-order valence-electron chi connectivity index (χ2n) is 6.90. The molecule has 130 valence electrons. The highest BCUT2D eigenvalue weighted by molar-refractivity contribution is 6.04. The minimum atomic E-state index is -0.319. The third-order valence-electron chi connectivity index (χ3n) is 5.22. The first-order chi connectivity index (χ1) is 12.2. The van der Waals surface area contributed by atoms with Crippen molar-refractivity contribution in [3.8, 4) is 0 Å². The number of aromatic nitrogens is 1. The summed E-state index contributed by atoms with van der Waals surface area (Å²) >= 11 is 0. The van der Waals surface area contributed by atoms with Gasteiger partial charge in [0.2, 0.25) is 0 Å². The first kappa shape index (κ1) is 16.1. The monoisotopic (exact) mass is 337 g/mol. The number of carbonyl (C=O) groups is 1. The van der Waals surface area contributed by atoms with Gasteiger partial charge in [-0.25, -0.2) is 0 Å². The third-order valence-corrected chi connectivity index (χ3v) is 5.22. The van der Waals surface area contributed by atoms with Crippen LogP contribution in [0.1, 0.15) is 52.0 Å². The van der Waals surface area contributed by atoms with Crippen molar-refractivity contribution in [2.75, 3.05) is 11.9 Å². The lowest BCUT2D eigenvalue weighted by atomic mass is 9.99. The van der Waals surface area contributed by atoms with E-state index in [1.807, 2.05) is 12.1 Å². The van der Waals surface area contributed by atoms with Crippen LogP contribution in [0.5, 0.6) is 0 Å². The molecule has 0 saturated carbocycles. The number of benzene rings is 1. The molecule has 3 N–H and O–H groups in total. The van der Waals surface area contributed by atoms with Crippen molar-refractivity contribution in [2.45, 2.75) is 45.1 Å². The number of hydrogen-bond donors (Lipinski definition) is 3. The first-order valence-corrected chi connectivity index (χ1v) is 9.10. The second kappa shape index (κ2) is 6.84. The van der Waals surface area contributed by atoms with E-state index in [9.17, 15) is 9.59 Å². The van der Waals surface area contributed by atoms with Crippen LogP contribution in [0.2, 0.25) is 0 Å². The zero-order valence-corrected chi connectivity index (χ0v) is 14.3. The van der Waals surface area contributed by atoms with Crippen LogP contribution in [0.3, 0.4) is 0 Å². The highest BCUT2D eigenvalue weighted by atomic mass is 16.2. The summed E-state index contributed by atoms with van der Waals surface area (Å²) in [7, 11) is 0. The number of rotatable bonds is 2. The number of H-pyrrole nitrogens is 1. The van der Waals surface area contributed by atoms with Crippen LogP contribution in [0.4, 0.5) is 5.69 Å². The van der Waals surface area contributed by atoms with E-state index in [2.05, 4.69) is 21.7 Å². The molecule has 1 aliphatic heterocycles. The van der Waals surface area contributed by atoms with Gasteiger partial charge in [0.05, 0.1) is 0 Å². The van der Waals surface area contributed by atoms with E-state index in [-0.39, 0.29) is 17.0 Å². The molecule has 25 heavy (non-hydrogen) atoms. The number of anilines is 1. The molecule has 0 saturated heterocycles. The highest BCUT2D eigenvalue weighted by Crippen LogP contribution is 2.24. The Morgan fingerprint density at radius 3 is 2.84 bits per heavy atom. The van der Waals surface area contributed by atoms with E-state index >= 15 is 0 Å². The Bertz CT molecular complexity index is 870. The van der Waals surface area contributed by atoms with Crippen LogP contribution in [0.15, 0.2) is 29.1 Å². The van der Waals surface area contributed by atoms with Gasteiger partial charge in [-0.15, -0.1) is 0 Å². The van der Waals surface area contributed by atoms with Crippen molar-refractivity contribution < 1.29 is 4.79 Å². The number of amides is 1. The largest absolute Gasteiger partial charge is 0.325 e. The Labute approximate surface area is 146 Å².